The minimum absolute atomic E-state index is 0.135. The molecule has 0 bridgehead atoms. The lowest BCUT2D eigenvalue weighted by atomic mass is 9.83. The largest absolute Gasteiger partial charge is 0.0985 e. The van der Waals surface area contributed by atoms with E-state index in [4.69, 9.17) is 0 Å². The van der Waals surface area contributed by atoms with E-state index < -0.39 is 0 Å². The van der Waals surface area contributed by atoms with Crippen LogP contribution in [-0.2, 0) is 0 Å². The van der Waals surface area contributed by atoms with E-state index in [0.29, 0.717) is 0 Å². The van der Waals surface area contributed by atoms with Gasteiger partial charge in [0.15, 0.2) is 0 Å². The minimum atomic E-state index is 0.135. The molecule has 0 spiro atoms. The maximum absolute atomic E-state index is 4.13. The second-order valence-corrected chi connectivity index (χ2v) is 4.55. The molecule has 1 aromatic carbocycles. The molecule has 0 radical (unpaired) electrons. The lowest BCUT2D eigenvalue weighted by Gasteiger charge is -2.22. The van der Waals surface area contributed by atoms with Crippen molar-refractivity contribution in [3.63, 3.8) is 0 Å². The molecule has 0 heterocycles. The molecule has 0 aliphatic carbocycles. The molecule has 0 amide bonds. The normalized spacial score (nSPS) is 11.1. The number of hydrogen-bond acceptors (Lipinski definition) is 0. The van der Waals surface area contributed by atoms with Gasteiger partial charge in [0.1, 0.15) is 0 Å². The molecule has 0 aromatic heterocycles. The van der Waals surface area contributed by atoms with Crippen molar-refractivity contribution in [2.45, 2.75) is 20.8 Å². The van der Waals surface area contributed by atoms with Crippen LogP contribution < -0.4 is 0 Å². The monoisotopic (exact) mass is 186 g/mol. The van der Waals surface area contributed by atoms with Crippen LogP contribution in [0.5, 0.6) is 0 Å². The molecule has 0 aliphatic heterocycles. The first kappa shape index (κ1) is 10.8. The molecule has 0 saturated heterocycles. The van der Waals surface area contributed by atoms with Crippen LogP contribution in [0.15, 0.2) is 37.4 Å². The van der Waals surface area contributed by atoms with E-state index in [1.54, 1.807) is 0 Å². The molecule has 1 aromatic rings. The van der Waals surface area contributed by atoms with Crippen LogP contribution in [0.2, 0.25) is 0 Å². The van der Waals surface area contributed by atoms with E-state index >= 15 is 0 Å². The van der Waals surface area contributed by atoms with Crippen LogP contribution in [0.25, 0.3) is 11.6 Å². The fourth-order valence-corrected chi connectivity index (χ4v) is 1.25. The van der Waals surface area contributed by atoms with Crippen LogP contribution in [0.1, 0.15) is 31.9 Å². The van der Waals surface area contributed by atoms with Crippen molar-refractivity contribution in [3.8, 4) is 0 Å². The highest BCUT2D eigenvalue weighted by Crippen LogP contribution is 2.32. The van der Waals surface area contributed by atoms with Gasteiger partial charge in [0.2, 0.25) is 0 Å². The summed E-state index contributed by atoms with van der Waals surface area (Å²) in [6, 6.07) is 8.34. The lowest BCUT2D eigenvalue weighted by Crippen LogP contribution is -2.06. The van der Waals surface area contributed by atoms with E-state index in [0.717, 1.165) is 5.56 Å². The SMILES string of the molecule is C=Cc1ccc(C(=C)C(C)(C)C)cc1. The number of benzene rings is 1. The summed E-state index contributed by atoms with van der Waals surface area (Å²) in [7, 11) is 0. The Labute approximate surface area is 87.0 Å². The highest BCUT2D eigenvalue weighted by Gasteiger charge is 2.15. The van der Waals surface area contributed by atoms with Gasteiger partial charge in [-0.3, -0.25) is 0 Å². The molecule has 0 unspecified atom stereocenters. The van der Waals surface area contributed by atoms with E-state index in [2.05, 4.69) is 58.2 Å². The average molecular weight is 186 g/mol. The molecule has 0 nitrogen and oxygen atoms in total. The van der Waals surface area contributed by atoms with Crippen molar-refractivity contribution in [1.29, 1.82) is 0 Å². The molecule has 74 valence electrons. The van der Waals surface area contributed by atoms with E-state index in [1.165, 1.54) is 11.1 Å². The second-order valence-electron chi connectivity index (χ2n) is 4.55. The lowest BCUT2D eigenvalue weighted by molar-refractivity contribution is 0.568. The summed E-state index contributed by atoms with van der Waals surface area (Å²) < 4.78 is 0. The second kappa shape index (κ2) is 3.83. The summed E-state index contributed by atoms with van der Waals surface area (Å²) in [6.45, 7) is 14.4. The van der Waals surface area contributed by atoms with Crippen LogP contribution in [0.4, 0.5) is 0 Å². The first-order valence-corrected chi connectivity index (χ1v) is 4.87. The van der Waals surface area contributed by atoms with Gasteiger partial charge in [-0.25, -0.2) is 0 Å². The highest BCUT2D eigenvalue weighted by atomic mass is 14.2. The predicted octanol–water partition coefficient (Wildman–Crippen LogP) is 4.39. The molecule has 0 fully saturated rings. The summed E-state index contributed by atoms with van der Waals surface area (Å²) in [5, 5.41) is 0. The summed E-state index contributed by atoms with van der Waals surface area (Å²) in [5.41, 5.74) is 3.67. The summed E-state index contributed by atoms with van der Waals surface area (Å²) in [6.07, 6.45) is 1.85. The number of rotatable bonds is 2. The Morgan fingerprint density at radius 3 is 2.00 bits per heavy atom. The van der Waals surface area contributed by atoms with Gasteiger partial charge in [0.05, 0.1) is 0 Å². The summed E-state index contributed by atoms with van der Waals surface area (Å²) in [5.74, 6) is 0. The van der Waals surface area contributed by atoms with Crippen molar-refractivity contribution in [3.05, 3.63) is 48.6 Å². The maximum atomic E-state index is 4.13. The van der Waals surface area contributed by atoms with Gasteiger partial charge in [-0.05, 0) is 22.1 Å². The Balaban J connectivity index is 2.98. The summed E-state index contributed by atoms with van der Waals surface area (Å²) >= 11 is 0. The molecule has 1 rings (SSSR count). The zero-order valence-corrected chi connectivity index (χ0v) is 9.30. The molecule has 0 heteroatoms. The van der Waals surface area contributed by atoms with Gasteiger partial charge in [-0.15, -0.1) is 0 Å². The smallest absolute Gasteiger partial charge is 0.0132 e. The minimum Gasteiger partial charge on any atom is -0.0985 e. The van der Waals surface area contributed by atoms with Crippen LogP contribution in [0.3, 0.4) is 0 Å². The third-order valence-electron chi connectivity index (χ3n) is 2.40. The number of allylic oxidation sites excluding steroid dienone is 1. The Morgan fingerprint density at radius 2 is 1.64 bits per heavy atom. The zero-order valence-electron chi connectivity index (χ0n) is 9.30. The molecular formula is C14H18. The van der Waals surface area contributed by atoms with Gasteiger partial charge < -0.3 is 0 Å². The Bertz CT molecular complexity index is 333. The van der Waals surface area contributed by atoms with Crippen molar-refractivity contribution >= 4 is 11.6 Å². The van der Waals surface area contributed by atoms with Crippen molar-refractivity contribution in [2.24, 2.45) is 5.41 Å². The van der Waals surface area contributed by atoms with Gasteiger partial charge in [0, 0.05) is 0 Å². The zero-order chi connectivity index (χ0) is 10.8. The maximum Gasteiger partial charge on any atom is -0.0132 e. The van der Waals surface area contributed by atoms with Gasteiger partial charge in [0.25, 0.3) is 0 Å². The Kier molecular flexibility index (Phi) is 2.95. The Hall–Kier alpha value is -1.30. The molecular weight excluding hydrogens is 168 g/mol. The fraction of sp³-hybridized carbons (Fsp3) is 0.286. The van der Waals surface area contributed by atoms with Gasteiger partial charge >= 0.3 is 0 Å². The third-order valence-corrected chi connectivity index (χ3v) is 2.40. The van der Waals surface area contributed by atoms with Crippen molar-refractivity contribution in [1.82, 2.24) is 0 Å². The average Bonchev–Trinajstić information content (AvgIpc) is 2.15. The summed E-state index contributed by atoms with van der Waals surface area (Å²) in [4.78, 5) is 0. The van der Waals surface area contributed by atoms with E-state index in [9.17, 15) is 0 Å². The predicted molar refractivity (Wildman–Crippen MR) is 65.0 cm³/mol. The van der Waals surface area contributed by atoms with E-state index in [1.807, 2.05) is 6.08 Å². The highest BCUT2D eigenvalue weighted by molar-refractivity contribution is 5.68. The van der Waals surface area contributed by atoms with Crippen LogP contribution in [0, 0.1) is 5.41 Å². The first-order chi connectivity index (χ1) is 6.45. The van der Waals surface area contributed by atoms with Crippen LogP contribution >= 0.6 is 0 Å². The Morgan fingerprint density at radius 1 is 1.14 bits per heavy atom. The third kappa shape index (κ3) is 2.35. The quantitative estimate of drug-likeness (QED) is 0.642. The molecule has 0 saturated carbocycles. The molecule has 14 heavy (non-hydrogen) atoms. The van der Waals surface area contributed by atoms with Gasteiger partial charge in [-0.2, -0.15) is 0 Å². The molecule has 0 atom stereocenters. The van der Waals surface area contributed by atoms with Crippen molar-refractivity contribution in [2.75, 3.05) is 0 Å². The topological polar surface area (TPSA) is 0 Å². The van der Waals surface area contributed by atoms with Crippen molar-refractivity contribution < 1.29 is 0 Å². The van der Waals surface area contributed by atoms with Gasteiger partial charge in [-0.1, -0.05) is 64.3 Å². The molecule has 0 aliphatic rings. The van der Waals surface area contributed by atoms with Crippen LogP contribution in [-0.4, -0.2) is 0 Å². The first-order valence-electron chi connectivity index (χ1n) is 4.87. The molecule has 0 N–H and O–H groups in total. The van der Waals surface area contributed by atoms with E-state index in [-0.39, 0.29) is 5.41 Å². The number of hydrogen-bond donors (Lipinski definition) is 0. The fourth-order valence-electron chi connectivity index (χ4n) is 1.25. The standard InChI is InChI=1S/C14H18/c1-6-12-7-9-13(10-8-12)11(2)14(3,4)5/h6-10H,1-2H2,3-5H3.